The Morgan fingerprint density at radius 1 is 1.00 bits per heavy atom. The summed E-state index contributed by atoms with van der Waals surface area (Å²) in [5.74, 6) is -3.92. The summed E-state index contributed by atoms with van der Waals surface area (Å²) < 4.78 is 65.4. The fraction of sp³-hybridized carbons (Fsp3) is 0.280. The molecule has 3 N–H and O–H groups in total. The molecule has 4 aromatic rings. The number of fused-ring (bicyclic) bond motifs is 1. The fourth-order valence-corrected chi connectivity index (χ4v) is 3.94. The van der Waals surface area contributed by atoms with E-state index in [1.165, 1.54) is 26.1 Å². The van der Waals surface area contributed by atoms with Gasteiger partial charge < -0.3 is 15.6 Å². The highest BCUT2D eigenvalue weighted by Gasteiger charge is 2.44. The number of anilines is 1. The van der Waals surface area contributed by atoms with E-state index >= 15 is 4.39 Å². The van der Waals surface area contributed by atoms with Crippen LogP contribution in [-0.4, -0.2) is 33.0 Å². The monoisotopic (exact) mass is 488 g/mol. The van der Waals surface area contributed by atoms with Crippen LogP contribution >= 0.6 is 0 Å². The maximum Gasteiger partial charge on any atom is 0.240 e. The summed E-state index contributed by atoms with van der Waals surface area (Å²) in [6.07, 6.45) is 1.28. The van der Waals surface area contributed by atoms with Crippen LogP contribution in [0.3, 0.4) is 0 Å². The summed E-state index contributed by atoms with van der Waals surface area (Å²) in [6, 6.07) is 11.8. The number of pyridine rings is 1. The van der Waals surface area contributed by atoms with Crippen LogP contribution in [-0.2, 0) is 5.60 Å². The lowest BCUT2D eigenvalue weighted by atomic mass is 9.69. The predicted octanol–water partition coefficient (Wildman–Crippen LogP) is 5.05. The molecule has 2 heterocycles. The number of ether oxygens (including phenoxy) is 1. The van der Waals surface area contributed by atoms with Gasteiger partial charge in [0, 0.05) is 22.7 Å². The first kappa shape index (κ1) is 24.5. The molecule has 4 rings (SSSR count). The zero-order valence-electron chi connectivity index (χ0n) is 19.1. The quantitative estimate of drug-likeness (QED) is 0.339. The molecular weight excluding hydrogens is 464 g/mol. The van der Waals surface area contributed by atoms with E-state index in [1.54, 1.807) is 30.3 Å². The van der Waals surface area contributed by atoms with E-state index in [1.807, 2.05) is 0 Å². The number of hydrogen-bond acceptors (Lipinski definition) is 5. The molecule has 0 saturated carbocycles. The molecule has 0 amide bonds. The van der Waals surface area contributed by atoms with Crippen LogP contribution < -0.4 is 10.5 Å². The van der Waals surface area contributed by atoms with E-state index in [4.69, 9.17) is 10.5 Å². The molecule has 2 aromatic carbocycles. The summed E-state index contributed by atoms with van der Waals surface area (Å²) in [4.78, 5) is 3.77. The number of nitrogens with zero attached hydrogens (tertiary/aromatic N) is 3. The van der Waals surface area contributed by atoms with Crippen LogP contribution in [0.25, 0.3) is 16.8 Å². The van der Waals surface area contributed by atoms with Crippen molar-refractivity contribution < 1.29 is 27.4 Å². The molecule has 2 unspecified atom stereocenters. The maximum atomic E-state index is 15.3. The Hall–Kier alpha value is -3.66. The fourth-order valence-electron chi connectivity index (χ4n) is 3.94. The lowest BCUT2D eigenvalue weighted by Crippen LogP contribution is -2.44. The molecule has 0 aliphatic heterocycles. The smallest absolute Gasteiger partial charge is 0.240 e. The number of rotatable bonds is 8. The van der Waals surface area contributed by atoms with Crippen molar-refractivity contribution in [2.45, 2.75) is 25.9 Å². The third-order valence-corrected chi connectivity index (χ3v) is 6.51. The highest BCUT2D eigenvalue weighted by atomic mass is 19.1. The van der Waals surface area contributed by atoms with Gasteiger partial charge in [-0.1, -0.05) is 37.3 Å². The number of aliphatic hydroxyl groups is 1. The zero-order chi connectivity index (χ0) is 25.4. The highest BCUT2D eigenvalue weighted by molar-refractivity contribution is 5.70. The molecule has 0 radical (unpaired) electrons. The van der Waals surface area contributed by atoms with Crippen LogP contribution in [0, 0.1) is 22.9 Å². The number of aromatic nitrogens is 3. The van der Waals surface area contributed by atoms with Crippen molar-refractivity contribution in [1.82, 2.24) is 14.6 Å². The van der Waals surface area contributed by atoms with E-state index < -0.39 is 40.9 Å². The van der Waals surface area contributed by atoms with Gasteiger partial charge >= 0.3 is 0 Å². The van der Waals surface area contributed by atoms with Crippen molar-refractivity contribution in [3.05, 3.63) is 77.7 Å². The second-order valence-corrected chi connectivity index (χ2v) is 8.75. The normalized spacial score (nSPS) is 15.1. The third kappa shape index (κ3) is 4.29. The Bertz CT molecular complexity index is 1360. The number of halogens is 4. The summed E-state index contributed by atoms with van der Waals surface area (Å²) in [5.41, 5.74) is 2.44. The predicted molar refractivity (Wildman–Crippen MR) is 123 cm³/mol. The summed E-state index contributed by atoms with van der Waals surface area (Å²) in [7, 11) is 0. The van der Waals surface area contributed by atoms with Crippen molar-refractivity contribution in [2.75, 3.05) is 19.0 Å². The van der Waals surface area contributed by atoms with Gasteiger partial charge in [0.1, 0.15) is 0 Å². The average Bonchev–Trinajstić information content (AvgIpc) is 3.23. The van der Waals surface area contributed by atoms with E-state index in [9.17, 15) is 18.3 Å². The second-order valence-electron chi connectivity index (χ2n) is 8.75. The number of nitrogen functional groups attached to an aromatic ring is 1. The topological polar surface area (TPSA) is 85.7 Å². The molecule has 0 saturated heterocycles. The highest BCUT2D eigenvalue weighted by Crippen LogP contribution is 2.43. The van der Waals surface area contributed by atoms with Crippen molar-refractivity contribution in [3.8, 4) is 16.9 Å². The van der Waals surface area contributed by atoms with Gasteiger partial charge in [0.25, 0.3) is 0 Å². The number of alkyl halides is 1. The molecule has 184 valence electrons. The Labute approximate surface area is 199 Å². The van der Waals surface area contributed by atoms with Gasteiger partial charge in [-0.05, 0) is 37.1 Å². The average molecular weight is 488 g/mol. The third-order valence-electron chi connectivity index (χ3n) is 6.51. The lowest BCUT2D eigenvalue weighted by Gasteiger charge is -2.41. The van der Waals surface area contributed by atoms with Gasteiger partial charge in [0.15, 0.2) is 28.8 Å². The Morgan fingerprint density at radius 2 is 1.69 bits per heavy atom. The molecule has 0 aliphatic carbocycles. The summed E-state index contributed by atoms with van der Waals surface area (Å²) >= 11 is 0. The second kappa shape index (κ2) is 9.18. The lowest BCUT2D eigenvalue weighted by molar-refractivity contribution is -0.0882. The molecule has 6 nitrogen and oxygen atoms in total. The van der Waals surface area contributed by atoms with Crippen LogP contribution in [0.2, 0.25) is 0 Å². The summed E-state index contributed by atoms with van der Waals surface area (Å²) in [6.45, 7) is 1.81. The van der Waals surface area contributed by atoms with Crippen molar-refractivity contribution in [1.29, 1.82) is 0 Å². The summed E-state index contributed by atoms with van der Waals surface area (Å²) in [5, 5.41) is 14.9. The van der Waals surface area contributed by atoms with E-state index in [-0.39, 0.29) is 35.8 Å². The van der Waals surface area contributed by atoms with Gasteiger partial charge in [0.05, 0.1) is 18.9 Å². The zero-order valence-corrected chi connectivity index (χ0v) is 19.1. The maximum absolute atomic E-state index is 15.3. The van der Waals surface area contributed by atoms with E-state index in [0.717, 1.165) is 16.6 Å². The van der Waals surface area contributed by atoms with Crippen LogP contribution in [0.4, 0.5) is 23.5 Å². The standard InChI is InChI=1S/C25H24F4N4O2/c1-24(14-26,25(2,34)15-6-4-3-5-7-15)11-13-35-21-18(27)9-8-16(19(21)28)17-10-12-33-22(20(17)29)31-23(30)32-33/h3-10,12,34H,11,13-14H2,1-2H3,(H2,30,32). The first-order valence-corrected chi connectivity index (χ1v) is 10.8. The minimum absolute atomic E-state index is 0.0617. The first-order chi connectivity index (χ1) is 16.6. The molecule has 2 atom stereocenters. The Kier molecular flexibility index (Phi) is 6.42. The van der Waals surface area contributed by atoms with Gasteiger partial charge in [-0.15, -0.1) is 5.10 Å². The van der Waals surface area contributed by atoms with Crippen LogP contribution in [0.1, 0.15) is 25.8 Å². The number of benzene rings is 2. The van der Waals surface area contributed by atoms with Crippen molar-refractivity contribution >= 4 is 11.6 Å². The van der Waals surface area contributed by atoms with Crippen LogP contribution in [0.5, 0.6) is 5.75 Å². The largest absolute Gasteiger partial charge is 0.488 e. The van der Waals surface area contributed by atoms with E-state index in [0.29, 0.717) is 5.56 Å². The molecule has 35 heavy (non-hydrogen) atoms. The first-order valence-electron chi connectivity index (χ1n) is 10.8. The molecule has 2 aromatic heterocycles. The Balaban J connectivity index is 1.60. The van der Waals surface area contributed by atoms with Gasteiger partial charge in [0.2, 0.25) is 5.95 Å². The van der Waals surface area contributed by atoms with Gasteiger partial charge in [-0.3, -0.25) is 4.39 Å². The SMILES string of the molecule is CC(CF)(CCOc1c(F)ccc(-c2ccn3nc(N)nc3c2F)c1F)C(C)(O)c1ccccc1. The Morgan fingerprint density at radius 3 is 2.37 bits per heavy atom. The molecule has 0 aliphatic rings. The van der Waals surface area contributed by atoms with Gasteiger partial charge in [-0.2, -0.15) is 4.98 Å². The minimum Gasteiger partial charge on any atom is -0.488 e. The molecule has 0 fully saturated rings. The number of nitrogens with two attached hydrogens (primary N) is 1. The van der Waals surface area contributed by atoms with Gasteiger partial charge in [-0.25, -0.2) is 17.7 Å². The number of hydrogen-bond donors (Lipinski definition) is 2. The molecule has 0 bridgehead atoms. The molecule has 0 spiro atoms. The van der Waals surface area contributed by atoms with Crippen molar-refractivity contribution in [2.24, 2.45) is 5.41 Å². The van der Waals surface area contributed by atoms with Crippen molar-refractivity contribution in [3.63, 3.8) is 0 Å². The molecule has 10 heteroatoms. The molecular formula is C25H24F4N4O2. The minimum atomic E-state index is -1.58. The van der Waals surface area contributed by atoms with Crippen LogP contribution in [0.15, 0.2) is 54.7 Å². The van der Waals surface area contributed by atoms with E-state index in [2.05, 4.69) is 10.1 Å².